The number of amides is 1. The maximum atomic E-state index is 13.2. The van der Waals surface area contributed by atoms with Gasteiger partial charge in [-0.1, -0.05) is 37.1 Å². The molecule has 0 aliphatic heterocycles. The van der Waals surface area contributed by atoms with Gasteiger partial charge in [0.15, 0.2) is 0 Å². The van der Waals surface area contributed by atoms with E-state index in [1.807, 2.05) is 24.3 Å². The molecule has 164 valence electrons. The third kappa shape index (κ3) is 4.54. The van der Waals surface area contributed by atoms with Gasteiger partial charge in [0.1, 0.15) is 11.2 Å². The van der Waals surface area contributed by atoms with Crippen LogP contribution in [0.2, 0.25) is 5.02 Å². The Labute approximate surface area is 193 Å². The number of hydrogen-bond donors (Lipinski definition) is 1. The number of nitrogens with one attached hydrogen (secondary N) is 1. The van der Waals surface area contributed by atoms with E-state index in [9.17, 15) is 14.4 Å². The van der Waals surface area contributed by atoms with Crippen LogP contribution >= 0.6 is 22.9 Å². The van der Waals surface area contributed by atoms with Crippen molar-refractivity contribution in [3.63, 3.8) is 0 Å². The van der Waals surface area contributed by atoms with Gasteiger partial charge in [0.25, 0.3) is 5.56 Å². The summed E-state index contributed by atoms with van der Waals surface area (Å²) < 4.78 is 2.81. The Bertz CT molecular complexity index is 1370. The van der Waals surface area contributed by atoms with Gasteiger partial charge in [0.2, 0.25) is 5.91 Å². The Kier molecular flexibility index (Phi) is 6.58. The third-order valence-corrected chi connectivity index (χ3v) is 6.34. The molecular formula is C24H22ClN3O3S. The number of thiophene rings is 1. The van der Waals surface area contributed by atoms with Gasteiger partial charge < -0.3 is 5.32 Å². The maximum absolute atomic E-state index is 13.2. The molecule has 6 nitrogen and oxygen atoms in total. The lowest BCUT2D eigenvalue weighted by Gasteiger charge is -2.13. The monoisotopic (exact) mass is 467 g/mol. The number of aryl methyl sites for hydroxylation is 1. The number of carbonyl (C=O) groups is 1. The average Bonchev–Trinajstić information content (AvgIpc) is 3.28. The number of hydrogen-bond acceptors (Lipinski definition) is 4. The lowest BCUT2D eigenvalue weighted by atomic mass is 10.1. The van der Waals surface area contributed by atoms with Crippen molar-refractivity contribution in [3.8, 4) is 5.69 Å². The molecule has 1 N–H and O–H groups in total. The van der Waals surface area contributed by atoms with Gasteiger partial charge in [-0.05, 0) is 66.2 Å². The number of anilines is 1. The summed E-state index contributed by atoms with van der Waals surface area (Å²) in [7, 11) is 0. The molecule has 2 heterocycles. The Balaban J connectivity index is 1.65. The fourth-order valence-corrected chi connectivity index (χ4v) is 4.49. The van der Waals surface area contributed by atoms with Crippen molar-refractivity contribution in [3.05, 3.63) is 91.4 Å². The minimum absolute atomic E-state index is 0.211. The Morgan fingerprint density at radius 3 is 2.44 bits per heavy atom. The normalized spacial score (nSPS) is 11.1. The van der Waals surface area contributed by atoms with Crippen LogP contribution in [0.4, 0.5) is 5.69 Å². The van der Waals surface area contributed by atoms with E-state index in [2.05, 4.69) is 12.2 Å². The minimum Gasteiger partial charge on any atom is -0.325 e. The molecule has 32 heavy (non-hydrogen) atoms. The predicted molar refractivity (Wildman–Crippen MR) is 130 cm³/mol. The molecule has 0 fully saturated rings. The summed E-state index contributed by atoms with van der Waals surface area (Å²) in [5.41, 5.74) is 1.73. The highest BCUT2D eigenvalue weighted by molar-refractivity contribution is 7.17. The molecule has 0 spiro atoms. The molecule has 2 aromatic heterocycles. The van der Waals surface area contributed by atoms with Crippen LogP contribution < -0.4 is 16.6 Å². The summed E-state index contributed by atoms with van der Waals surface area (Å²) in [5, 5.41) is 5.08. The van der Waals surface area contributed by atoms with Crippen LogP contribution in [-0.2, 0) is 17.8 Å². The number of carbonyl (C=O) groups excluding carboxylic acids is 1. The highest BCUT2D eigenvalue weighted by atomic mass is 35.5. The summed E-state index contributed by atoms with van der Waals surface area (Å²) in [5.74, 6) is -0.345. The highest BCUT2D eigenvalue weighted by Crippen LogP contribution is 2.18. The van der Waals surface area contributed by atoms with Crippen molar-refractivity contribution in [2.24, 2.45) is 0 Å². The number of aromatic nitrogens is 2. The standard InChI is InChI=1S/C24H22ClN3O3S/c1-2-3-4-16-5-9-18(10-6-16)26-21(29)15-27-20-13-14-32-22(20)23(30)28(24(27)31)19-11-7-17(25)8-12-19/h5-14H,2-4,15H2,1H3,(H,26,29). The van der Waals surface area contributed by atoms with Crippen LogP contribution in [0.5, 0.6) is 0 Å². The summed E-state index contributed by atoms with van der Waals surface area (Å²) in [4.78, 5) is 39.0. The zero-order valence-electron chi connectivity index (χ0n) is 17.5. The maximum Gasteiger partial charge on any atom is 0.336 e. The topological polar surface area (TPSA) is 73.1 Å². The second-order valence-corrected chi connectivity index (χ2v) is 8.82. The van der Waals surface area contributed by atoms with Crippen LogP contribution in [0.15, 0.2) is 69.6 Å². The summed E-state index contributed by atoms with van der Waals surface area (Å²) in [6, 6.07) is 15.8. The quantitative estimate of drug-likeness (QED) is 0.422. The predicted octanol–water partition coefficient (Wildman–Crippen LogP) is 4.85. The summed E-state index contributed by atoms with van der Waals surface area (Å²) in [6.07, 6.45) is 3.25. The van der Waals surface area contributed by atoms with Crippen molar-refractivity contribution in [1.82, 2.24) is 9.13 Å². The van der Waals surface area contributed by atoms with Crippen LogP contribution in [0.3, 0.4) is 0 Å². The van der Waals surface area contributed by atoms with Gasteiger partial charge in [-0.25, -0.2) is 9.36 Å². The number of unbranched alkanes of at least 4 members (excludes halogenated alkanes) is 1. The van der Waals surface area contributed by atoms with E-state index in [0.717, 1.165) is 23.8 Å². The van der Waals surface area contributed by atoms with Crippen LogP contribution in [0.1, 0.15) is 25.3 Å². The van der Waals surface area contributed by atoms with E-state index in [1.165, 1.54) is 21.5 Å². The van der Waals surface area contributed by atoms with Crippen LogP contribution in [0, 0.1) is 0 Å². The van der Waals surface area contributed by atoms with Crippen LogP contribution in [-0.4, -0.2) is 15.0 Å². The van der Waals surface area contributed by atoms with Gasteiger partial charge in [-0.3, -0.25) is 14.2 Å². The lowest BCUT2D eigenvalue weighted by molar-refractivity contribution is -0.116. The molecule has 0 saturated heterocycles. The van der Waals surface area contributed by atoms with E-state index in [1.54, 1.807) is 35.7 Å². The SMILES string of the molecule is CCCCc1ccc(NC(=O)Cn2c(=O)n(-c3ccc(Cl)cc3)c(=O)c3sccc32)cc1. The van der Waals surface area contributed by atoms with E-state index < -0.39 is 11.2 Å². The van der Waals surface area contributed by atoms with Crippen molar-refractivity contribution < 1.29 is 4.79 Å². The summed E-state index contributed by atoms with van der Waals surface area (Å²) >= 11 is 7.18. The first-order valence-corrected chi connectivity index (χ1v) is 11.6. The first kappa shape index (κ1) is 22.0. The van der Waals surface area contributed by atoms with E-state index in [4.69, 9.17) is 11.6 Å². The van der Waals surface area contributed by atoms with E-state index >= 15 is 0 Å². The number of fused-ring (bicyclic) bond motifs is 1. The average molecular weight is 468 g/mol. The molecule has 8 heteroatoms. The van der Waals surface area contributed by atoms with Gasteiger partial charge >= 0.3 is 5.69 Å². The van der Waals surface area contributed by atoms with E-state index in [0.29, 0.717) is 26.6 Å². The number of rotatable bonds is 7. The zero-order valence-corrected chi connectivity index (χ0v) is 19.1. The lowest BCUT2D eigenvalue weighted by Crippen LogP contribution is -2.40. The van der Waals surface area contributed by atoms with Gasteiger partial charge in [-0.15, -0.1) is 11.3 Å². The number of nitrogens with zero attached hydrogens (tertiary/aromatic N) is 2. The van der Waals surface area contributed by atoms with Crippen molar-refractivity contribution in [2.75, 3.05) is 5.32 Å². The van der Waals surface area contributed by atoms with Crippen molar-refractivity contribution >= 4 is 44.7 Å². The molecule has 0 radical (unpaired) electrons. The van der Waals surface area contributed by atoms with Gasteiger partial charge in [0, 0.05) is 10.7 Å². The third-order valence-electron chi connectivity index (χ3n) is 5.20. The molecule has 4 rings (SSSR count). The van der Waals surface area contributed by atoms with Gasteiger partial charge in [0.05, 0.1) is 11.2 Å². The smallest absolute Gasteiger partial charge is 0.325 e. The van der Waals surface area contributed by atoms with E-state index in [-0.39, 0.29) is 12.5 Å². The van der Waals surface area contributed by atoms with Crippen molar-refractivity contribution in [1.29, 1.82) is 0 Å². The molecule has 0 atom stereocenters. The Morgan fingerprint density at radius 1 is 1.03 bits per heavy atom. The minimum atomic E-state index is -0.576. The second kappa shape index (κ2) is 9.54. The number of benzene rings is 2. The zero-order chi connectivity index (χ0) is 22.7. The molecular weight excluding hydrogens is 446 g/mol. The van der Waals surface area contributed by atoms with Crippen LogP contribution in [0.25, 0.3) is 15.9 Å². The molecule has 2 aromatic carbocycles. The first-order chi connectivity index (χ1) is 15.5. The molecule has 1 amide bonds. The molecule has 0 saturated carbocycles. The largest absolute Gasteiger partial charge is 0.336 e. The Morgan fingerprint density at radius 2 is 1.75 bits per heavy atom. The van der Waals surface area contributed by atoms with Gasteiger partial charge in [-0.2, -0.15) is 0 Å². The van der Waals surface area contributed by atoms with Crippen molar-refractivity contribution in [2.45, 2.75) is 32.7 Å². The molecule has 0 bridgehead atoms. The second-order valence-electron chi connectivity index (χ2n) is 7.47. The fourth-order valence-electron chi connectivity index (χ4n) is 3.54. The molecule has 4 aromatic rings. The summed E-state index contributed by atoms with van der Waals surface area (Å²) in [6.45, 7) is 1.94. The number of halogens is 1. The molecule has 0 unspecified atom stereocenters. The fraction of sp³-hybridized carbons (Fsp3) is 0.208. The Hall–Kier alpha value is -3.16. The molecule has 0 aliphatic carbocycles. The highest BCUT2D eigenvalue weighted by Gasteiger charge is 2.17. The first-order valence-electron chi connectivity index (χ1n) is 10.4. The molecule has 0 aliphatic rings.